The molecular weight excluding hydrogens is 146 g/mol. The molecule has 0 fully saturated rings. The summed E-state index contributed by atoms with van der Waals surface area (Å²) in [5.74, 6) is 0.649. The number of hydrogen-bond donors (Lipinski definition) is 1. The van der Waals surface area contributed by atoms with Crippen LogP contribution >= 0.6 is 0 Å². The summed E-state index contributed by atoms with van der Waals surface area (Å²) in [6, 6.07) is 7.84. The van der Waals surface area contributed by atoms with Gasteiger partial charge in [-0.1, -0.05) is 18.2 Å². The van der Waals surface area contributed by atoms with Crippen molar-refractivity contribution in [2.24, 2.45) is 0 Å². The van der Waals surface area contributed by atoms with Gasteiger partial charge in [-0.05, 0) is 6.07 Å². The molecule has 0 radical (unpaired) electrons. The van der Waals surface area contributed by atoms with Crippen LogP contribution < -0.4 is 4.72 Å². The Morgan fingerprint density at radius 3 is 3.00 bits per heavy atom. The molecule has 0 saturated carbocycles. The number of anilines is 1. The number of rotatable bonds is 0. The maximum absolute atomic E-state index is 10.9. The third kappa shape index (κ3) is 0.874. The molecule has 2 rings (SSSR count). The third-order valence-corrected chi connectivity index (χ3v) is 2.55. The second-order valence-corrected chi connectivity index (χ2v) is 3.43. The lowest BCUT2D eigenvalue weighted by atomic mass is 10.2. The second-order valence-electron chi connectivity index (χ2n) is 2.25. The summed E-state index contributed by atoms with van der Waals surface area (Å²) in [4.78, 5) is 0. The quantitative estimate of drug-likeness (QED) is 0.570. The van der Waals surface area contributed by atoms with Gasteiger partial charge in [-0.3, -0.25) is 0 Å². The zero-order valence-electron chi connectivity index (χ0n) is 5.33. The van der Waals surface area contributed by atoms with E-state index in [-0.39, 0.29) is 0 Å². The maximum Gasteiger partial charge on any atom is 0.158 e. The van der Waals surface area contributed by atoms with Gasteiger partial charge >= 0.3 is 0 Å². The Hall–Kier alpha value is -0.670. The Morgan fingerprint density at radius 1 is 1.40 bits per heavy atom. The van der Waals surface area contributed by atoms with Crippen molar-refractivity contribution < 1.29 is 4.55 Å². The van der Waals surface area contributed by atoms with Crippen LogP contribution in [0.2, 0.25) is 0 Å². The molecular formula is C7H7NOS. The van der Waals surface area contributed by atoms with Gasteiger partial charge in [-0.15, -0.1) is 0 Å². The van der Waals surface area contributed by atoms with Crippen LogP contribution in [0.25, 0.3) is 0 Å². The molecule has 2 nitrogen and oxygen atoms in total. The van der Waals surface area contributed by atoms with Crippen molar-refractivity contribution in [3.05, 3.63) is 29.8 Å². The van der Waals surface area contributed by atoms with Crippen molar-refractivity contribution in [2.75, 3.05) is 4.72 Å². The fraction of sp³-hybridized carbons (Fsp3) is 0.143. The molecule has 0 aromatic heterocycles. The van der Waals surface area contributed by atoms with E-state index in [1.165, 1.54) is 0 Å². The SMILES string of the molecule is [O-][S+]1Cc2ccccc2N1. The van der Waals surface area contributed by atoms with Gasteiger partial charge in [0.2, 0.25) is 0 Å². The highest BCUT2D eigenvalue weighted by Crippen LogP contribution is 2.25. The summed E-state index contributed by atoms with van der Waals surface area (Å²) in [5, 5.41) is 0. The lowest BCUT2D eigenvalue weighted by Crippen LogP contribution is -2.05. The molecule has 1 aromatic rings. The summed E-state index contributed by atoms with van der Waals surface area (Å²) in [6.07, 6.45) is 0. The molecule has 1 atom stereocenters. The average molecular weight is 153 g/mol. The first-order valence-electron chi connectivity index (χ1n) is 3.09. The number of benzene rings is 1. The van der Waals surface area contributed by atoms with Crippen molar-refractivity contribution in [3.8, 4) is 0 Å². The Bertz CT molecular complexity index is 226. The molecule has 0 bridgehead atoms. The summed E-state index contributed by atoms with van der Waals surface area (Å²) in [6.45, 7) is 0. The lowest BCUT2D eigenvalue weighted by Gasteiger charge is -1.98. The third-order valence-electron chi connectivity index (χ3n) is 1.53. The molecule has 1 aromatic carbocycles. The molecule has 0 saturated heterocycles. The Morgan fingerprint density at radius 2 is 2.20 bits per heavy atom. The summed E-state index contributed by atoms with van der Waals surface area (Å²) >= 11 is -0.869. The lowest BCUT2D eigenvalue weighted by molar-refractivity contribution is 0.601. The van der Waals surface area contributed by atoms with E-state index < -0.39 is 11.4 Å². The smallest absolute Gasteiger partial charge is 0.158 e. The van der Waals surface area contributed by atoms with Crippen LogP contribution in [0, 0.1) is 0 Å². The van der Waals surface area contributed by atoms with Crippen molar-refractivity contribution in [2.45, 2.75) is 5.75 Å². The van der Waals surface area contributed by atoms with Gasteiger partial charge in [0.15, 0.2) is 5.75 Å². The zero-order chi connectivity index (χ0) is 6.97. The Labute approximate surface area is 62.6 Å². The van der Waals surface area contributed by atoms with E-state index in [4.69, 9.17) is 0 Å². The van der Waals surface area contributed by atoms with E-state index in [1.807, 2.05) is 24.3 Å². The van der Waals surface area contributed by atoms with E-state index in [0.29, 0.717) is 5.75 Å². The number of nitrogens with one attached hydrogen (secondary N) is 1. The normalized spacial score (nSPS) is 21.9. The van der Waals surface area contributed by atoms with E-state index >= 15 is 0 Å². The largest absolute Gasteiger partial charge is 0.593 e. The van der Waals surface area contributed by atoms with Gasteiger partial charge < -0.3 is 4.55 Å². The number of hydrogen-bond acceptors (Lipinski definition) is 2. The summed E-state index contributed by atoms with van der Waals surface area (Å²) in [5.41, 5.74) is 2.17. The van der Waals surface area contributed by atoms with Gasteiger partial charge in [-0.25, -0.2) is 4.72 Å². The summed E-state index contributed by atoms with van der Waals surface area (Å²) < 4.78 is 13.8. The first-order chi connectivity index (χ1) is 4.86. The van der Waals surface area contributed by atoms with Crippen LogP contribution in [-0.4, -0.2) is 4.55 Å². The van der Waals surface area contributed by atoms with E-state index in [2.05, 4.69) is 4.72 Å². The highest BCUT2D eigenvalue weighted by molar-refractivity contribution is 7.92. The first kappa shape index (κ1) is 6.07. The molecule has 3 heteroatoms. The minimum Gasteiger partial charge on any atom is -0.593 e. The summed E-state index contributed by atoms with van der Waals surface area (Å²) in [7, 11) is 0. The van der Waals surface area contributed by atoms with Gasteiger partial charge in [0.1, 0.15) is 0 Å². The monoisotopic (exact) mass is 153 g/mol. The van der Waals surface area contributed by atoms with Gasteiger partial charge in [0.25, 0.3) is 0 Å². The van der Waals surface area contributed by atoms with Crippen molar-refractivity contribution >= 4 is 17.0 Å². The van der Waals surface area contributed by atoms with Crippen molar-refractivity contribution in [1.82, 2.24) is 0 Å². The van der Waals surface area contributed by atoms with Gasteiger partial charge in [0.05, 0.1) is 17.0 Å². The fourth-order valence-electron chi connectivity index (χ4n) is 1.05. The molecule has 0 aliphatic carbocycles. The molecule has 52 valence electrons. The topological polar surface area (TPSA) is 35.1 Å². The zero-order valence-corrected chi connectivity index (χ0v) is 6.15. The Balaban J connectivity index is 2.42. The van der Waals surface area contributed by atoms with Crippen LogP contribution in [0.4, 0.5) is 5.69 Å². The van der Waals surface area contributed by atoms with Crippen LogP contribution in [0.15, 0.2) is 24.3 Å². The molecule has 1 N–H and O–H groups in total. The first-order valence-corrected chi connectivity index (χ1v) is 4.41. The highest BCUT2D eigenvalue weighted by atomic mass is 32.2. The maximum atomic E-state index is 10.9. The van der Waals surface area contributed by atoms with Crippen LogP contribution in [0.1, 0.15) is 5.56 Å². The fourth-order valence-corrected chi connectivity index (χ4v) is 2.10. The minimum absolute atomic E-state index is 0.649. The molecule has 10 heavy (non-hydrogen) atoms. The van der Waals surface area contributed by atoms with Crippen LogP contribution in [-0.2, 0) is 17.1 Å². The number of para-hydroxylation sites is 1. The predicted octanol–water partition coefficient (Wildman–Crippen LogP) is 1.28. The van der Waals surface area contributed by atoms with E-state index in [9.17, 15) is 4.55 Å². The van der Waals surface area contributed by atoms with Crippen LogP contribution in [0.5, 0.6) is 0 Å². The molecule has 1 unspecified atom stereocenters. The molecule has 1 aliphatic heterocycles. The molecule has 0 spiro atoms. The Kier molecular flexibility index (Phi) is 1.32. The van der Waals surface area contributed by atoms with Crippen molar-refractivity contribution in [3.63, 3.8) is 0 Å². The standard InChI is InChI=1S/C7H7NOS/c9-10-5-6-3-1-2-4-7(6)8-10/h1-4,8H,5H2. The average Bonchev–Trinajstić information content (AvgIpc) is 2.27. The highest BCUT2D eigenvalue weighted by Gasteiger charge is 2.20. The second kappa shape index (κ2) is 2.18. The van der Waals surface area contributed by atoms with Crippen molar-refractivity contribution in [1.29, 1.82) is 0 Å². The van der Waals surface area contributed by atoms with Gasteiger partial charge in [-0.2, -0.15) is 0 Å². The van der Waals surface area contributed by atoms with E-state index in [1.54, 1.807) is 0 Å². The molecule has 0 amide bonds. The minimum atomic E-state index is -0.869. The number of fused-ring (bicyclic) bond motifs is 1. The molecule has 1 aliphatic rings. The predicted molar refractivity (Wildman–Crippen MR) is 41.9 cm³/mol. The van der Waals surface area contributed by atoms with Gasteiger partial charge in [0, 0.05) is 5.56 Å². The van der Waals surface area contributed by atoms with E-state index in [0.717, 1.165) is 11.3 Å². The van der Waals surface area contributed by atoms with Crippen LogP contribution in [0.3, 0.4) is 0 Å². The molecule has 1 heterocycles.